The van der Waals surface area contributed by atoms with Gasteiger partial charge in [0, 0.05) is 17.1 Å². The first-order valence-electron chi connectivity index (χ1n) is 9.10. The molecule has 2 aromatic rings. The average molecular weight is 390 g/mol. The van der Waals surface area contributed by atoms with Crippen molar-refractivity contribution in [3.05, 3.63) is 58.6 Å². The summed E-state index contributed by atoms with van der Waals surface area (Å²) < 4.78 is 11.2. The average Bonchev–Trinajstić information content (AvgIpc) is 3.12. The largest absolute Gasteiger partial charge is 0.496 e. The van der Waals surface area contributed by atoms with Crippen LogP contribution in [-0.2, 0) is 4.79 Å². The minimum atomic E-state index is -0.806. The fourth-order valence-electron chi connectivity index (χ4n) is 3.77. The predicted octanol–water partition coefficient (Wildman–Crippen LogP) is 4.39. The zero-order valence-electron chi connectivity index (χ0n) is 15.5. The van der Waals surface area contributed by atoms with E-state index in [0.29, 0.717) is 30.3 Å². The molecule has 0 aromatic heterocycles. The Morgan fingerprint density at radius 1 is 1.33 bits per heavy atom. The molecule has 1 fully saturated rings. The Morgan fingerprint density at radius 2 is 2.15 bits per heavy atom. The van der Waals surface area contributed by atoms with E-state index < -0.39 is 12.0 Å². The van der Waals surface area contributed by atoms with Crippen LogP contribution in [0.2, 0.25) is 5.02 Å². The van der Waals surface area contributed by atoms with Crippen LogP contribution in [-0.4, -0.2) is 42.3 Å². The van der Waals surface area contributed by atoms with Crippen molar-refractivity contribution in [3.63, 3.8) is 0 Å². The summed E-state index contributed by atoms with van der Waals surface area (Å²) in [5, 5.41) is 10.3. The second-order valence-corrected chi connectivity index (χ2v) is 6.96. The monoisotopic (exact) mass is 389 g/mol. The van der Waals surface area contributed by atoms with Gasteiger partial charge in [-0.05, 0) is 55.7 Å². The van der Waals surface area contributed by atoms with Gasteiger partial charge in [0.05, 0.1) is 19.8 Å². The van der Waals surface area contributed by atoms with Gasteiger partial charge >= 0.3 is 5.97 Å². The number of rotatable bonds is 7. The van der Waals surface area contributed by atoms with E-state index in [2.05, 4.69) is 0 Å². The number of benzene rings is 2. The van der Waals surface area contributed by atoms with Crippen molar-refractivity contribution in [1.82, 2.24) is 4.90 Å². The fourth-order valence-corrected chi connectivity index (χ4v) is 3.95. The normalized spacial score (nSPS) is 18.3. The molecule has 5 nitrogen and oxygen atoms in total. The van der Waals surface area contributed by atoms with Gasteiger partial charge in [-0.25, -0.2) is 0 Å². The molecule has 27 heavy (non-hydrogen) atoms. The van der Waals surface area contributed by atoms with Crippen molar-refractivity contribution in [1.29, 1.82) is 0 Å². The summed E-state index contributed by atoms with van der Waals surface area (Å²) in [5.74, 6) is 0.633. The Kier molecular flexibility index (Phi) is 6.24. The van der Waals surface area contributed by atoms with E-state index in [1.54, 1.807) is 13.2 Å². The first-order chi connectivity index (χ1) is 13.0. The van der Waals surface area contributed by atoms with Crippen LogP contribution in [0, 0.1) is 0 Å². The zero-order valence-corrected chi connectivity index (χ0v) is 16.3. The van der Waals surface area contributed by atoms with Gasteiger partial charge < -0.3 is 14.6 Å². The second kappa shape index (κ2) is 8.63. The number of carbonyl (C=O) groups is 1. The van der Waals surface area contributed by atoms with Gasteiger partial charge in [-0.2, -0.15) is 0 Å². The number of carboxylic acids is 1. The number of aliphatic carboxylic acids is 1. The van der Waals surface area contributed by atoms with Crippen LogP contribution in [0.1, 0.15) is 36.9 Å². The summed E-state index contributed by atoms with van der Waals surface area (Å²) >= 11 is 6.28. The highest BCUT2D eigenvalue weighted by molar-refractivity contribution is 6.30. The third-order valence-electron chi connectivity index (χ3n) is 4.88. The minimum absolute atomic E-state index is 0.289. The summed E-state index contributed by atoms with van der Waals surface area (Å²) in [4.78, 5) is 13.9. The van der Waals surface area contributed by atoms with Crippen molar-refractivity contribution < 1.29 is 19.4 Å². The van der Waals surface area contributed by atoms with Crippen molar-refractivity contribution in [2.24, 2.45) is 0 Å². The first kappa shape index (κ1) is 19.5. The topological polar surface area (TPSA) is 59.0 Å². The Balaban J connectivity index is 2.14. The molecule has 2 unspecified atom stereocenters. The molecule has 0 spiro atoms. The summed E-state index contributed by atoms with van der Waals surface area (Å²) in [6.45, 7) is 3.19. The molecular formula is C21H24ClNO4. The highest BCUT2D eigenvalue weighted by Crippen LogP contribution is 2.40. The Hall–Kier alpha value is -2.24. The Morgan fingerprint density at radius 3 is 2.85 bits per heavy atom. The van der Waals surface area contributed by atoms with Gasteiger partial charge in [-0.3, -0.25) is 9.69 Å². The third kappa shape index (κ3) is 4.20. The molecule has 1 aliphatic rings. The van der Waals surface area contributed by atoms with Gasteiger partial charge in [-0.15, -0.1) is 0 Å². The number of ether oxygens (including phenoxy) is 2. The Labute approximate surface area is 164 Å². The molecule has 1 aliphatic heterocycles. The van der Waals surface area contributed by atoms with Crippen molar-refractivity contribution in [2.75, 3.05) is 20.3 Å². The summed E-state index contributed by atoms with van der Waals surface area (Å²) in [6.07, 6.45) is 1.46. The highest BCUT2D eigenvalue weighted by atomic mass is 35.5. The maximum atomic E-state index is 11.8. The molecule has 0 amide bonds. The SMILES string of the molecule is CCOc1cccc(C(c2cc(Cl)ccc2OC)N2CCCC2C(=O)O)c1. The molecule has 2 aromatic carbocycles. The molecule has 3 rings (SSSR count). The van der Waals surface area contributed by atoms with Gasteiger partial charge in [0.25, 0.3) is 0 Å². The number of hydrogen-bond acceptors (Lipinski definition) is 4. The smallest absolute Gasteiger partial charge is 0.320 e. The quantitative estimate of drug-likeness (QED) is 0.761. The summed E-state index contributed by atoms with van der Waals surface area (Å²) in [6, 6.07) is 12.4. The maximum absolute atomic E-state index is 11.8. The lowest BCUT2D eigenvalue weighted by atomic mass is 9.95. The molecule has 1 saturated heterocycles. The van der Waals surface area contributed by atoms with Crippen LogP contribution >= 0.6 is 11.6 Å². The Bertz CT molecular complexity index is 811. The molecule has 2 atom stereocenters. The van der Waals surface area contributed by atoms with Gasteiger partial charge in [-0.1, -0.05) is 23.7 Å². The molecule has 6 heteroatoms. The van der Waals surface area contributed by atoms with Gasteiger partial charge in [0.2, 0.25) is 0 Å². The van der Waals surface area contributed by atoms with E-state index in [4.69, 9.17) is 21.1 Å². The minimum Gasteiger partial charge on any atom is -0.496 e. The van der Waals surface area contributed by atoms with E-state index in [0.717, 1.165) is 23.3 Å². The molecule has 0 radical (unpaired) electrons. The van der Waals surface area contributed by atoms with Crippen molar-refractivity contribution >= 4 is 17.6 Å². The molecule has 1 heterocycles. The lowest BCUT2D eigenvalue weighted by Gasteiger charge is -2.33. The van der Waals surface area contributed by atoms with Crippen molar-refractivity contribution in [3.8, 4) is 11.5 Å². The standard InChI is InChI=1S/C21H24ClNO4/c1-3-27-16-7-4-6-14(12-16)20(23-11-5-8-18(23)21(24)25)17-13-15(22)9-10-19(17)26-2/h4,6-7,9-10,12-13,18,20H,3,5,8,11H2,1-2H3,(H,24,25). The van der Waals surface area contributed by atoms with E-state index in [1.165, 1.54) is 0 Å². The van der Waals surface area contributed by atoms with E-state index >= 15 is 0 Å². The summed E-state index contributed by atoms with van der Waals surface area (Å²) in [7, 11) is 1.61. The first-order valence-corrected chi connectivity index (χ1v) is 9.47. The lowest BCUT2D eigenvalue weighted by molar-refractivity contribution is -0.142. The maximum Gasteiger partial charge on any atom is 0.320 e. The van der Waals surface area contributed by atoms with E-state index in [1.807, 2.05) is 48.2 Å². The van der Waals surface area contributed by atoms with Crippen LogP contribution in [0.25, 0.3) is 0 Å². The fraction of sp³-hybridized carbons (Fsp3) is 0.381. The lowest BCUT2D eigenvalue weighted by Crippen LogP contribution is -2.39. The molecule has 1 N–H and O–H groups in total. The van der Waals surface area contributed by atoms with Crippen LogP contribution < -0.4 is 9.47 Å². The molecule has 0 saturated carbocycles. The molecular weight excluding hydrogens is 366 g/mol. The second-order valence-electron chi connectivity index (χ2n) is 6.53. The molecule has 0 aliphatic carbocycles. The zero-order chi connectivity index (χ0) is 19.4. The molecule has 0 bridgehead atoms. The van der Waals surface area contributed by atoms with Crippen LogP contribution in [0.3, 0.4) is 0 Å². The number of hydrogen-bond donors (Lipinski definition) is 1. The number of carboxylic acid groups (broad SMARTS) is 1. The highest BCUT2D eigenvalue weighted by Gasteiger charge is 2.38. The number of likely N-dealkylation sites (tertiary alicyclic amines) is 1. The summed E-state index contributed by atoms with van der Waals surface area (Å²) in [5.41, 5.74) is 1.81. The van der Waals surface area contributed by atoms with Crippen LogP contribution in [0.4, 0.5) is 0 Å². The number of methoxy groups -OCH3 is 1. The van der Waals surface area contributed by atoms with Crippen LogP contribution in [0.15, 0.2) is 42.5 Å². The van der Waals surface area contributed by atoms with E-state index in [-0.39, 0.29) is 6.04 Å². The van der Waals surface area contributed by atoms with E-state index in [9.17, 15) is 9.90 Å². The van der Waals surface area contributed by atoms with Gasteiger partial charge in [0.1, 0.15) is 17.5 Å². The van der Waals surface area contributed by atoms with Crippen LogP contribution in [0.5, 0.6) is 11.5 Å². The number of halogens is 1. The number of nitrogens with zero attached hydrogens (tertiary/aromatic N) is 1. The third-order valence-corrected chi connectivity index (χ3v) is 5.12. The predicted molar refractivity (Wildman–Crippen MR) is 105 cm³/mol. The van der Waals surface area contributed by atoms with Crippen molar-refractivity contribution in [2.45, 2.75) is 31.8 Å². The van der Waals surface area contributed by atoms with Gasteiger partial charge in [0.15, 0.2) is 0 Å². The molecule has 144 valence electrons.